The second-order valence-electron chi connectivity index (χ2n) is 6.19. The van der Waals surface area contributed by atoms with E-state index >= 15 is 0 Å². The number of nitrogens with one attached hydrogen (secondary N) is 1. The molecule has 2 aromatic rings. The van der Waals surface area contributed by atoms with E-state index < -0.39 is 11.6 Å². The number of nitrogens with zero attached hydrogens (tertiary/aromatic N) is 2. The molecule has 9 heteroatoms. The zero-order valence-electron chi connectivity index (χ0n) is 15.1. The second kappa shape index (κ2) is 10.9. The molecular formula is C19H22ClF2IN4O. The van der Waals surface area contributed by atoms with Crippen LogP contribution >= 0.6 is 35.6 Å². The number of hydrogen-bond donors (Lipinski definition) is 2. The van der Waals surface area contributed by atoms with Crippen molar-refractivity contribution in [1.29, 1.82) is 0 Å². The predicted molar refractivity (Wildman–Crippen MR) is 118 cm³/mol. The van der Waals surface area contributed by atoms with E-state index in [0.717, 1.165) is 36.9 Å². The quantitative estimate of drug-likeness (QED) is 0.354. The topological polar surface area (TPSA) is 62.9 Å². The summed E-state index contributed by atoms with van der Waals surface area (Å²) in [6.07, 6.45) is 0. The SMILES string of the molecule is I.NC(=NCC(c1cccc(Cl)c1)N1CCOCC1)Nc1cc(F)ccc1F. The Balaban J connectivity index is 0.00000280. The maximum atomic E-state index is 13.8. The molecule has 0 aromatic heterocycles. The molecular weight excluding hydrogens is 501 g/mol. The summed E-state index contributed by atoms with van der Waals surface area (Å²) in [5, 5.41) is 3.26. The first-order valence-corrected chi connectivity index (χ1v) is 9.00. The normalized spacial score (nSPS) is 16.3. The van der Waals surface area contributed by atoms with E-state index in [0.29, 0.717) is 24.8 Å². The summed E-state index contributed by atoms with van der Waals surface area (Å²) in [6.45, 7) is 3.15. The van der Waals surface area contributed by atoms with E-state index in [1.54, 1.807) is 0 Å². The van der Waals surface area contributed by atoms with E-state index in [2.05, 4.69) is 15.2 Å². The van der Waals surface area contributed by atoms with Gasteiger partial charge in [0.1, 0.15) is 11.6 Å². The van der Waals surface area contributed by atoms with Crippen LogP contribution in [0, 0.1) is 11.6 Å². The smallest absolute Gasteiger partial charge is 0.193 e. The average molecular weight is 523 g/mol. The van der Waals surface area contributed by atoms with Gasteiger partial charge in [-0.05, 0) is 29.8 Å². The minimum Gasteiger partial charge on any atom is -0.379 e. The Morgan fingerprint density at radius 1 is 1.21 bits per heavy atom. The van der Waals surface area contributed by atoms with Crippen LogP contribution in [0.2, 0.25) is 5.02 Å². The van der Waals surface area contributed by atoms with Crippen LogP contribution in [0.3, 0.4) is 0 Å². The lowest BCUT2D eigenvalue weighted by Gasteiger charge is -2.34. The third-order valence-electron chi connectivity index (χ3n) is 4.35. The van der Waals surface area contributed by atoms with Gasteiger partial charge in [-0.15, -0.1) is 24.0 Å². The number of aliphatic imine (C=N–C) groups is 1. The molecule has 3 rings (SSSR count). The van der Waals surface area contributed by atoms with Gasteiger partial charge in [-0.25, -0.2) is 8.78 Å². The zero-order valence-corrected chi connectivity index (χ0v) is 18.2. The Morgan fingerprint density at radius 2 is 1.96 bits per heavy atom. The lowest BCUT2D eigenvalue weighted by Crippen LogP contribution is -2.40. The standard InChI is InChI=1S/C19H21ClF2N4O.HI/c20-14-3-1-2-13(10-14)18(26-6-8-27-9-7-26)12-24-19(23)25-17-11-15(21)4-5-16(17)22;/h1-5,10-11,18H,6-9,12H2,(H3,23,24,25);1H. The molecule has 1 aliphatic rings. The minimum absolute atomic E-state index is 0. The van der Waals surface area contributed by atoms with Gasteiger partial charge < -0.3 is 15.8 Å². The van der Waals surface area contributed by atoms with Gasteiger partial charge in [-0.3, -0.25) is 9.89 Å². The monoisotopic (exact) mass is 522 g/mol. The number of hydrogen-bond acceptors (Lipinski definition) is 3. The van der Waals surface area contributed by atoms with Gasteiger partial charge >= 0.3 is 0 Å². The third-order valence-corrected chi connectivity index (χ3v) is 4.58. The molecule has 1 saturated heterocycles. The molecule has 0 radical (unpaired) electrons. The van der Waals surface area contributed by atoms with E-state index in [-0.39, 0.29) is 41.7 Å². The molecule has 0 spiro atoms. The van der Waals surface area contributed by atoms with Gasteiger partial charge in [0, 0.05) is 24.2 Å². The molecule has 2 aromatic carbocycles. The molecule has 28 heavy (non-hydrogen) atoms. The molecule has 0 saturated carbocycles. The summed E-state index contributed by atoms with van der Waals surface area (Å²) < 4.78 is 32.5. The molecule has 0 bridgehead atoms. The average Bonchev–Trinajstić information content (AvgIpc) is 2.66. The first kappa shape index (κ1) is 22.8. The van der Waals surface area contributed by atoms with E-state index in [9.17, 15) is 8.78 Å². The largest absolute Gasteiger partial charge is 0.379 e. The van der Waals surface area contributed by atoms with Gasteiger partial charge in [0.15, 0.2) is 5.96 Å². The highest BCUT2D eigenvalue weighted by atomic mass is 127. The van der Waals surface area contributed by atoms with Crippen LogP contribution < -0.4 is 11.1 Å². The van der Waals surface area contributed by atoms with Gasteiger partial charge in [0.2, 0.25) is 0 Å². The fourth-order valence-electron chi connectivity index (χ4n) is 2.99. The number of rotatable bonds is 5. The van der Waals surface area contributed by atoms with Crippen LogP contribution in [0.15, 0.2) is 47.5 Å². The lowest BCUT2D eigenvalue weighted by molar-refractivity contribution is 0.0180. The van der Waals surface area contributed by atoms with Crippen molar-refractivity contribution < 1.29 is 13.5 Å². The van der Waals surface area contributed by atoms with Gasteiger partial charge in [0.05, 0.1) is 31.5 Å². The van der Waals surface area contributed by atoms with Crippen molar-refractivity contribution >= 4 is 47.2 Å². The lowest BCUT2D eigenvalue weighted by atomic mass is 10.0. The first-order chi connectivity index (χ1) is 13.0. The van der Waals surface area contributed by atoms with Crippen molar-refractivity contribution in [2.75, 3.05) is 38.2 Å². The van der Waals surface area contributed by atoms with Crippen LogP contribution in [-0.4, -0.2) is 43.7 Å². The number of ether oxygens (including phenoxy) is 1. The number of nitrogens with two attached hydrogens (primary N) is 1. The van der Waals surface area contributed by atoms with Gasteiger partial charge in [-0.2, -0.15) is 0 Å². The van der Waals surface area contributed by atoms with Crippen molar-refractivity contribution in [2.24, 2.45) is 10.7 Å². The van der Waals surface area contributed by atoms with Crippen molar-refractivity contribution in [3.63, 3.8) is 0 Å². The number of halogens is 4. The molecule has 152 valence electrons. The molecule has 5 nitrogen and oxygen atoms in total. The molecule has 1 unspecified atom stereocenters. The summed E-state index contributed by atoms with van der Waals surface area (Å²) in [7, 11) is 0. The van der Waals surface area contributed by atoms with E-state index in [1.807, 2.05) is 24.3 Å². The van der Waals surface area contributed by atoms with Crippen molar-refractivity contribution in [1.82, 2.24) is 4.90 Å². The highest BCUT2D eigenvalue weighted by Crippen LogP contribution is 2.25. The molecule has 1 atom stereocenters. The maximum Gasteiger partial charge on any atom is 0.193 e. The second-order valence-corrected chi connectivity index (χ2v) is 6.63. The van der Waals surface area contributed by atoms with Crippen molar-refractivity contribution in [3.05, 3.63) is 64.7 Å². The summed E-state index contributed by atoms with van der Waals surface area (Å²) in [4.78, 5) is 6.59. The summed E-state index contributed by atoms with van der Waals surface area (Å²) in [5.41, 5.74) is 6.85. The van der Waals surface area contributed by atoms with Crippen LogP contribution in [0.5, 0.6) is 0 Å². The molecule has 1 heterocycles. The Labute approximate surface area is 184 Å². The fourth-order valence-corrected chi connectivity index (χ4v) is 3.19. The first-order valence-electron chi connectivity index (χ1n) is 8.62. The highest BCUT2D eigenvalue weighted by Gasteiger charge is 2.22. The van der Waals surface area contributed by atoms with Gasteiger partial charge in [0.25, 0.3) is 0 Å². The Hall–Kier alpha value is -1.49. The Bertz CT molecular complexity index is 818. The minimum atomic E-state index is -0.603. The zero-order chi connectivity index (χ0) is 19.2. The van der Waals surface area contributed by atoms with Crippen LogP contribution in [0.1, 0.15) is 11.6 Å². The Kier molecular flexibility index (Phi) is 8.87. The summed E-state index contributed by atoms with van der Waals surface area (Å²) >= 11 is 6.14. The van der Waals surface area contributed by atoms with Crippen molar-refractivity contribution in [3.8, 4) is 0 Å². The summed E-state index contributed by atoms with van der Waals surface area (Å²) in [6, 6.07) is 10.6. The Morgan fingerprint density at radius 3 is 2.68 bits per heavy atom. The maximum absolute atomic E-state index is 13.8. The van der Waals surface area contributed by atoms with Crippen LogP contribution in [0.4, 0.5) is 14.5 Å². The van der Waals surface area contributed by atoms with Crippen molar-refractivity contribution in [2.45, 2.75) is 6.04 Å². The fraction of sp³-hybridized carbons (Fsp3) is 0.316. The van der Waals surface area contributed by atoms with E-state index in [4.69, 9.17) is 22.1 Å². The highest BCUT2D eigenvalue weighted by molar-refractivity contribution is 14.0. The number of guanidine groups is 1. The third kappa shape index (κ3) is 6.26. The van der Waals surface area contributed by atoms with Gasteiger partial charge in [-0.1, -0.05) is 23.7 Å². The molecule has 3 N–H and O–H groups in total. The number of anilines is 1. The molecule has 1 fully saturated rings. The molecule has 0 aliphatic carbocycles. The molecule has 1 aliphatic heterocycles. The summed E-state index contributed by atoms with van der Waals surface area (Å²) in [5.74, 6) is -1.15. The molecule has 0 amide bonds. The number of morpholine rings is 1. The van der Waals surface area contributed by atoms with Crippen LogP contribution in [-0.2, 0) is 4.74 Å². The number of benzene rings is 2. The van der Waals surface area contributed by atoms with Crippen LogP contribution in [0.25, 0.3) is 0 Å². The van der Waals surface area contributed by atoms with E-state index in [1.165, 1.54) is 0 Å². The predicted octanol–water partition coefficient (Wildman–Crippen LogP) is 4.04.